The van der Waals surface area contributed by atoms with E-state index in [-0.39, 0.29) is 12.0 Å². The van der Waals surface area contributed by atoms with Crippen LogP contribution in [0.25, 0.3) is 0 Å². The van der Waals surface area contributed by atoms with Gasteiger partial charge < -0.3 is 9.84 Å². The quantitative estimate of drug-likeness (QED) is 0.853. The Bertz CT molecular complexity index is 301. The van der Waals surface area contributed by atoms with Crippen molar-refractivity contribution in [3.8, 4) is 0 Å². The van der Waals surface area contributed by atoms with Crippen LogP contribution in [0.1, 0.15) is 18.7 Å². The van der Waals surface area contributed by atoms with Gasteiger partial charge in [0.2, 0.25) is 0 Å². The van der Waals surface area contributed by atoms with Gasteiger partial charge in [-0.2, -0.15) is 0 Å². The molecule has 1 aromatic heterocycles. The van der Waals surface area contributed by atoms with Gasteiger partial charge in [-0.15, -0.1) is 11.3 Å². The minimum Gasteiger partial charge on any atom is -0.396 e. The highest BCUT2D eigenvalue weighted by Crippen LogP contribution is 2.44. The number of aliphatic hydroxyl groups is 1. The van der Waals surface area contributed by atoms with Crippen molar-refractivity contribution in [2.24, 2.45) is 11.8 Å². The normalized spacial score (nSPS) is 21.3. The summed E-state index contributed by atoms with van der Waals surface area (Å²) in [5.74, 6) is 0.797. The van der Waals surface area contributed by atoms with Crippen LogP contribution in [0.4, 0.5) is 0 Å². The van der Waals surface area contributed by atoms with Crippen molar-refractivity contribution in [3.05, 3.63) is 22.4 Å². The van der Waals surface area contributed by atoms with Gasteiger partial charge in [0.15, 0.2) is 0 Å². The summed E-state index contributed by atoms with van der Waals surface area (Å²) < 4.78 is 5.39. The molecule has 1 saturated heterocycles. The van der Waals surface area contributed by atoms with Crippen molar-refractivity contribution < 1.29 is 9.84 Å². The number of ether oxygens (including phenoxy) is 1. The summed E-state index contributed by atoms with van der Waals surface area (Å²) in [4.78, 5) is 1.36. The van der Waals surface area contributed by atoms with E-state index in [0.29, 0.717) is 11.8 Å². The molecular formula is C12H18O2S. The molecule has 2 heterocycles. The SMILES string of the molecule is CC(C)C(CO)C1(c2cccs2)COC1. The van der Waals surface area contributed by atoms with Gasteiger partial charge in [0.25, 0.3) is 0 Å². The minimum absolute atomic E-state index is 0.0804. The molecule has 0 spiro atoms. The molecule has 2 rings (SSSR count). The Labute approximate surface area is 94.9 Å². The van der Waals surface area contributed by atoms with E-state index in [1.165, 1.54) is 4.88 Å². The molecule has 0 saturated carbocycles. The summed E-state index contributed by atoms with van der Waals surface area (Å²) in [6.07, 6.45) is 0. The van der Waals surface area contributed by atoms with Gasteiger partial charge in [-0.05, 0) is 23.3 Å². The van der Waals surface area contributed by atoms with Crippen molar-refractivity contribution >= 4 is 11.3 Å². The van der Waals surface area contributed by atoms with Crippen LogP contribution in [-0.2, 0) is 10.2 Å². The van der Waals surface area contributed by atoms with Gasteiger partial charge in [0.1, 0.15) is 0 Å². The van der Waals surface area contributed by atoms with Crippen molar-refractivity contribution in [2.45, 2.75) is 19.3 Å². The summed E-state index contributed by atoms with van der Waals surface area (Å²) in [5.41, 5.74) is 0.0804. The Morgan fingerprint density at radius 3 is 2.60 bits per heavy atom. The highest BCUT2D eigenvalue weighted by molar-refractivity contribution is 7.10. The lowest BCUT2D eigenvalue weighted by Crippen LogP contribution is -2.54. The number of aliphatic hydroxyl groups excluding tert-OH is 1. The Hall–Kier alpha value is -0.380. The standard InChI is InChI=1S/C12H18O2S/c1-9(2)10(6-13)12(7-14-8-12)11-4-3-5-15-11/h3-5,9-10,13H,6-8H2,1-2H3. The van der Waals surface area contributed by atoms with Crippen molar-refractivity contribution in [2.75, 3.05) is 19.8 Å². The molecule has 84 valence electrons. The zero-order valence-electron chi connectivity index (χ0n) is 9.27. The largest absolute Gasteiger partial charge is 0.396 e. The number of thiophene rings is 1. The first kappa shape index (κ1) is 11.1. The topological polar surface area (TPSA) is 29.5 Å². The van der Waals surface area contributed by atoms with E-state index in [2.05, 4.69) is 31.4 Å². The van der Waals surface area contributed by atoms with Gasteiger partial charge >= 0.3 is 0 Å². The second kappa shape index (κ2) is 4.24. The average Bonchev–Trinajstić information content (AvgIpc) is 2.62. The molecule has 2 nitrogen and oxygen atoms in total. The van der Waals surface area contributed by atoms with E-state index in [1.54, 1.807) is 11.3 Å². The lowest BCUT2D eigenvalue weighted by Gasteiger charge is -2.47. The molecular weight excluding hydrogens is 208 g/mol. The third kappa shape index (κ3) is 1.73. The Morgan fingerprint density at radius 1 is 1.53 bits per heavy atom. The van der Waals surface area contributed by atoms with Gasteiger partial charge in [-0.25, -0.2) is 0 Å². The Balaban J connectivity index is 2.28. The van der Waals surface area contributed by atoms with E-state index in [0.717, 1.165) is 13.2 Å². The summed E-state index contributed by atoms with van der Waals surface area (Å²) in [6.45, 7) is 6.12. The fourth-order valence-corrected chi connectivity index (χ4v) is 3.41. The van der Waals surface area contributed by atoms with E-state index >= 15 is 0 Å². The van der Waals surface area contributed by atoms with Crippen molar-refractivity contribution in [1.82, 2.24) is 0 Å². The van der Waals surface area contributed by atoms with Crippen LogP contribution in [0.15, 0.2) is 17.5 Å². The molecule has 15 heavy (non-hydrogen) atoms. The summed E-state index contributed by atoms with van der Waals surface area (Å²) in [5, 5.41) is 11.6. The molecule has 1 aliphatic rings. The molecule has 1 atom stereocenters. The highest BCUT2D eigenvalue weighted by atomic mass is 32.1. The molecule has 0 radical (unpaired) electrons. The molecule has 0 aromatic carbocycles. The maximum atomic E-state index is 9.54. The highest BCUT2D eigenvalue weighted by Gasteiger charge is 2.48. The first-order chi connectivity index (χ1) is 7.20. The van der Waals surface area contributed by atoms with Crippen LogP contribution in [0.2, 0.25) is 0 Å². The second-order valence-corrected chi connectivity index (χ2v) is 5.61. The molecule has 3 heteroatoms. The average molecular weight is 226 g/mol. The third-order valence-corrected chi connectivity index (χ3v) is 4.53. The molecule has 1 unspecified atom stereocenters. The van der Waals surface area contributed by atoms with Gasteiger partial charge in [-0.1, -0.05) is 19.9 Å². The second-order valence-electron chi connectivity index (χ2n) is 4.66. The number of hydrogen-bond acceptors (Lipinski definition) is 3. The zero-order valence-corrected chi connectivity index (χ0v) is 10.1. The van der Waals surface area contributed by atoms with Crippen LogP contribution in [-0.4, -0.2) is 24.9 Å². The third-order valence-electron chi connectivity index (χ3n) is 3.44. The number of rotatable bonds is 4. The van der Waals surface area contributed by atoms with Crippen LogP contribution in [0, 0.1) is 11.8 Å². The van der Waals surface area contributed by atoms with Gasteiger partial charge in [0.05, 0.1) is 18.6 Å². The molecule has 1 N–H and O–H groups in total. The smallest absolute Gasteiger partial charge is 0.0597 e. The van der Waals surface area contributed by atoms with E-state index < -0.39 is 0 Å². The summed E-state index contributed by atoms with van der Waals surface area (Å²) >= 11 is 1.78. The fraction of sp³-hybridized carbons (Fsp3) is 0.667. The lowest BCUT2D eigenvalue weighted by atomic mass is 9.68. The molecule has 0 bridgehead atoms. The van der Waals surface area contributed by atoms with Crippen molar-refractivity contribution in [1.29, 1.82) is 0 Å². The van der Waals surface area contributed by atoms with E-state index in [9.17, 15) is 5.11 Å². The molecule has 1 aliphatic heterocycles. The number of hydrogen-bond donors (Lipinski definition) is 1. The first-order valence-electron chi connectivity index (χ1n) is 5.43. The molecule has 0 aliphatic carbocycles. The zero-order chi connectivity index (χ0) is 10.9. The summed E-state index contributed by atoms with van der Waals surface area (Å²) in [6, 6.07) is 4.24. The minimum atomic E-state index is 0.0804. The van der Waals surface area contributed by atoms with Crippen LogP contribution in [0.3, 0.4) is 0 Å². The Kier molecular flexibility index (Phi) is 3.14. The maximum absolute atomic E-state index is 9.54. The van der Waals surface area contributed by atoms with Gasteiger partial charge in [-0.3, -0.25) is 0 Å². The predicted molar refractivity (Wildman–Crippen MR) is 62.2 cm³/mol. The van der Waals surface area contributed by atoms with Crippen LogP contribution >= 0.6 is 11.3 Å². The maximum Gasteiger partial charge on any atom is 0.0597 e. The monoisotopic (exact) mass is 226 g/mol. The van der Waals surface area contributed by atoms with E-state index in [4.69, 9.17) is 4.74 Å². The lowest BCUT2D eigenvalue weighted by molar-refractivity contribution is -0.109. The molecule has 0 amide bonds. The predicted octanol–water partition coefficient (Wildman–Crippen LogP) is 2.28. The van der Waals surface area contributed by atoms with Crippen molar-refractivity contribution in [3.63, 3.8) is 0 Å². The van der Waals surface area contributed by atoms with Crippen LogP contribution in [0.5, 0.6) is 0 Å². The summed E-state index contributed by atoms with van der Waals surface area (Å²) in [7, 11) is 0. The first-order valence-corrected chi connectivity index (χ1v) is 6.31. The fourth-order valence-electron chi connectivity index (χ4n) is 2.45. The molecule has 1 fully saturated rings. The molecule has 1 aromatic rings. The van der Waals surface area contributed by atoms with Crippen LogP contribution < -0.4 is 0 Å². The van der Waals surface area contributed by atoms with E-state index in [1.807, 2.05) is 0 Å². The Morgan fingerprint density at radius 2 is 2.27 bits per heavy atom. The van der Waals surface area contributed by atoms with Gasteiger partial charge in [0, 0.05) is 11.5 Å².